The summed E-state index contributed by atoms with van der Waals surface area (Å²) in [5.41, 5.74) is 0.566. The molecule has 31 heavy (non-hydrogen) atoms. The zero-order valence-corrected chi connectivity index (χ0v) is 17.8. The molecule has 170 valence electrons. The number of amides is 2. The molecule has 0 bridgehead atoms. The van der Waals surface area contributed by atoms with Crippen LogP contribution in [-0.2, 0) is 14.3 Å². The Morgan fingerprint density at radius 2 is 2.00 bits per heavy atom. The van der Waals surface area contributed by atoms with Crippen LogP contribution in [0.1, 0.15) is 5.56 Å². The average molecular weight is 435 g/mol. The standard InChI is InChI=1S/C21H29N3O7/c1-28-19-13-16(4-6-20(26)29-2)3-5-18(19)31-15-17(25)14-22-7-8-23-21(27)24-9-11-30-12-10-24/h3,5,13,17,22,25H,7-12,14-15H2,1-2H3,(H,23,27)/t17-/m0/s1. The molecular weight excluding hydrogens is 406 g/mol. The number of benzene rings is 1. The third kappa shape index (κ3) is 8.72. The molecule has 1 aliphatic heterocycles. The van der Waals surface area contributed by atoms with Gasteiger partial charge in [-0.15, -0.1) is 0 Å². The maximum atomic E-state index is 11.9. The number of ether oxygens (including phenoxy) is 4. The Morgan fingerprint density at radius 1 is 1.23 bits per heavy atom. The molecule has 1 aromatic carbocycles. The lowest BCUT2D eigenvalue weighted by Gasteiger charge is -2.27. The first-order chi connectivity index (χ1) is 15.0. The monoisotopic (exact) mass is 435 g/mol. The minimum absolute atomic E-state index is 0.0523. The number of carbonyl (C=O) groups excluding carboxylic acids is 2. The first-order valence-electron chi connectivity index (χ1n) is 9.93. The minimum atomic E-state index is -0.751. The van der Waals surface area contributed by atoms with Gasteiger partial charge in [-0.2, -0.15) is 0 Å². The summed E-state index contributed by atoms with van der Waals surface area (Å²) >= 11 is 0. The number of aliphatic hydroxyl groups excluding tert-OH is 1. The van der Waals surface area contributed by atoms with Crippen LogP contribution in [0.3, 0.4) is 0 Å². The van der Waals surface area contributed by atoms with Crippen LogP contribution in [0.5, 0.6) is 11.5 Å². The van der Waals surface area contributed by atoms with Crippen molar-refractivity contribution in [3.63, 3.8) is 0 Å². The van der Waals surface area contributed by atoms with Crippen LogP contribution < -0.4 is 20.1 Å². The Balaban J connectivity index is 1.68. The summed E-state index contributed by atoms with van der Waals surface area (Å²) in [5.74, 6) is 5.26. The van der Waals surface area contributed by atoms with Crippen molar-refractivity contribution in [3.05, 3.63) is 23.8 Å². The molecule has 0 aromatic heterocycles. The van der Waals surface area contributed by atoms with Gasteiger partial charge in [-0.05, 0) is 18.2 Å². The molecule has 10 heteroatoms. The van der Waals surface area contributed by atoms with E-state index >= 15 is 0 Å². The molecule has 1 aromatic rings. The van der Waals surface area contributed by atoms with E-state index in [2.05, 4.69) is 27.2 Å². The molecule has 0 radical (unpaired) electrons. The Morgan fingerprint density at radius 3 is 2.71 bits per heavy atom. The summed E-state index contributed by atoms with van der Waals surface area (Å²) in [5, 5.41) is 16.0. The number of urea groups is 1. The van der Waals surface area contributed by atoms with Crippen molar-refractivity contribution in [1.82, 2.24) is 15.5 Å². The average Bonchev–Trinajstić information content (AvgIpc) is 2.81. The van der Waals surface area contributed by atoms with Crippen molar-refractivity contribution in [2.45, 2.75) is 6.10 Å². The third-order valence-corrected chi connectivity index (χ3v) is 4.35. The maximum absolute atomic E-state index is 11.9. The van der Waals surface area contributed by atoms with Gasteiger partial charge >= 0.3 is 12.0 Å². The summed E-state index contributed by atoms with van der Waals surface area (Å²) < 4.78 is 20.6. The van der Waals surface area contributed by atoms with Gasteiger partial charge in [0.1, 0.15) is 12.7 Å². The number of morpholine rings is 1. The van der Waals surface area contributed by atoms with E-state index in [9.17, 15) is 14.7 Å². The summed E-state index contributed by atoms with van der Waals surface area (Å²) in [6.07, 6.45) is -0.751. The van der Waals surface area contributed by atoms with E-state index in [1.54, 1.807) is 23.1 Å². The Hall–Kier alpha value is -3.00. The Labute approximate surface area is 181 Å². The Kier molecular flexibility index (Phi) is 10.4. The molecule has 1 fully saturated rings. The van der Waals surface area contributed by atoms with E-state index in [0.717, 1.165) is 0 Å². The van der Waals surface area contributed by atoms with E-state index in [1.165, 1.54) is 14.2 Å². The molecule has 1 aliphatic rings. The summed E-state index contributed by atoms with van der Waals surface area (Å²) in [6, 6.07) is 4.85. The van der Waals surface area contributed by atoms with Gasteiger partial charge in [0.2, 0.25) is 0 Å². The van der Waals surface area contributed by atoms with Crippen LogP contribution in [0.15, 0.2) is 18.2 Å². The summed E-state index contributed by atoms with van der Waals surface area (Å²) in [7, 11) is 2.75. The van der Waals surface area contributed by atoms with Crippen molar-refractivity contribution in [3.8, 4) is 23.3 Å². The van der Waals surface area contributed by atoms with Gasteiger partial charge < -0.3 is 39.6 Å². The number of nitrogens with zero attached hydrogens (tertiary/aromatic N) is 1. The van der Waals surface area contributed by atoms with E-state index in [1.807, 2.05) is 0 Å². The number of esters is 1. The maximum Gasteiger partial charge on any atom is 0.384 e. The molecule has 2 amide bonds. The quantitative estimate of drug-likeness (QED) is 0.272. The number of aliphatic hydroxyl groups is 1. The molecule has 0 unspecified atom stereocenters. The zero-order chi connectivity index (χ0) is 22.5. The fraction of sp³-hybridized carbons (Fsp3) is 0.524. The molecule has 3 N–H and O–H groups in total. The van der Waals surface area contributed by atoms with E-state index < -0.39 is 12.1 Å². The molecule has 1 heterocycles. The minimum Gasteiger partial charge on any atom is -0.493 e. The number of hydrogen-bond acceptors (Lipinski definition) is 8. The van der Waals surface area contributed by atoms with Crippen LogP contribution in [-0.4, -0.2) is 94.9 Å². The summed E-state index contributed by atoms with van der Waals surface area (Å²) in [6.45, 7) is 3.64. The number of carbonyl (C=O) groups is 2. The van der Waals surface area contributed by atoms with Crippen molar-refractivity contribution >= 4 is 12.0 Å². The predicted molar refractivity (Wildman–Crippen MR) is 112 cm³/mol. The number of methoxy groups -OCH3 is 2. The third-order valence-electron chi connectivity index (χ3n) is 4.35. The fourth-order valence-electron chi connectivity index (χ4n) is 2.69. The van der Waals surface area contributed by atoms with Crippen molar-refractivity contribution < 1.29 is 33.6 Å². The zero-order valence-electron chi connectivity index (χ0n) is 17.8. The van der Waals surface area contributed by atoms with Gasteiger partial charge in [0.15, 0.2) is 11.5 Å². The second-order valence-electron chi connectivity index (χ2n) is 6.61. The molecule has 0 spiro atoms. The molecule has 0 aliphatic carbocycles. The van der Waals surface area contributed by atoms with Gasteiger partial charge in [0.05, 0.1) is 27.4 Å². The number of rotatable bonds is 9. The molecule has 0 saturated carbocycles. The predicted octanol–water partition coefficient (Wildman–Crippen LogP) is -0.409. The van der Waals surface area contributed by atoms with Crippen molar-refractivity contribution in [1.29, 1.82) is 0 Å². The molecule has 1 saturated heterocycles. The van der Waals surface area contributed by atoms with Crippen LogP contribution in [0, 0.1) is 11.8 Å². The lowest BCUT2D eigenvalue weighted by molar-refractivity contribution is -0.133. The van der Waals surface area contributed by atoms with Gasteiger partial charge in [0, 0.05) is 44.2 Å². The highest BCUT2D eigenvalue weighted by molar-refractivity contribution is 5.89. The van der Waals surface area contributed by atoms with E-state index in [4.69, 9.17) is 14.2 Å². The highest BCUT2D eigenvalue weighted by Gasteiger charge is 2.16. The topological polar surface area (TPSA) is 119 Å². The van der Waals surface area contributed by atoms with Crippen LogP contribution in [0.4, 0.5) is 4.79 Å². The van der Waals surface area contributed by atoms with Crippen LogP contribution in [0.25, 0.3) is 0 Å². The first-order valence-corrected chi connectivity index (χ1v) is 9.93. The van der Waals surface area contributed by atoms with Gasteiger partial charge in [-0.1, -0.05) is 5.92 Å². The van der Waals surface area contributed by atoms with Gasteiger partial charge in [-0.25, -0.2) is 9.59 Å². The largest absolute Gasteiger partial charge is 0.493 e. The van der Waals surface area contributed by atoms with Crippen LogP contribution in [0.2, 0.25) is 0 Å². The number of hydrogen-bond donors (Lipinski definition) is 3. The fourth-order valence-corrected chi connectivity index (χ4v) is 2.69. The smallest absolute Gasteiger partial charge is 0.384 e. The second-order valence-corrected chi connectivity index (χ2v) is 6.61. The van der Waals surface area contributed by atoms with E-state index in [-0.39, 0.29) is 12.6 Å². The molecule has 10 nitrogen and oxygen atoms in total. The molecular formula is C21H29N3O7. The Bertz CT molecular complexity index is 785. The summed E-state index contributed by atoms with van der Waals surface area (Å²) in [4.78, 5) is 24.8. The lowest BCUT2D eigenvalue weighted by atomic mass is 10.2. The second kappa shape index (κ2) is 13.3. The van der Waals surface area contributed by atoms with Crippen molar-refractivity contribution in [2.75, 3.05) is 66.8 Å². The van der Waals surface area contributed by atoms with E-state index in [0.29, 0.717) is 63.0 Å². The van der Waals surface area contributed by atoms with Gasteiger partial charge in [0.25, 0.3) is 0 Å². The molecule has 1 atom stereocenters. The number of nitrogens with one attached hydrogen (secondary N) is 2. The highest BCUT2D eigenvalue weighted by atomic mass is 16.5. The van der Waals surface area contributed by atoms with Crippen LogP contribution >= 0.6 is 0 Å². The SMILES string of the molecule is COC(=O)C#Cc1ccc(OC[C@@H](O)CNCCNC(=O)N2CCOCC2)c(OC)c1. The highest BCUT2D eigenvalue weighted by Crippen LogP contribution is 2.27. The lowest BCUT2D eigenvalue weighted by Crippen LogP contribution is -2.47. The normalized spacial score (nSPS) is 14.1. The van der Waals surface area contributed by atoms with Crippen molar-refractivity contribution in [2.24, 2.45) is 0 Å². The van der Waals surface area contributed by atoms with Gasteiger partial charge in [-0.3, -0.25) is 0 Å². The molecule has 2 rings (SSSR count). The first kappa shape index (κ1) is 24.3.